The molecule has 0 fully saturated rings. The Morgan fingerprint density at radius 3 is 2.50 bits per heavy atom. The highest BCUT2D eigenvalue weighted by Gasteiger charge is 2.40. The lowest BCUT2D eigenvalue weighted by Gasteiger charge is -2.21. The van der Waals surface area contributed by atoms with Gasteiger partial charge in [0.25, 0.3) is 0 Å². The summed E-state index contributed by atoms with van der Waals surface area (Å²) < 4.78 is 55.9. The number of alkyl halides is 3. The van der Waals surface area contributed by atoms with Gasteiger partial charge in [-0.2, -0.15) is 13.2 Å². The normalized spacial score (nSPS) is 13.3. The molecule has 0 aliphatic heterocycles. The number of thiazole rings is 1. The van der Waals surface area contributed by atoms with Crippen LogP contribution in [-0.4, -0.2) is 11.2 Å². The van der Waals surface area contributed by atoms with E-state index in [1.807, 2.05) is 0 Å². The molecule has 3 nitrogen and oxygen atoms in total. The Kier molecular flexibility index (Phi) is 4.66. The number of nitrogens with one attached hydrogen (secondary N) is 1. The molecular weight excluding hydrogens is 362 g/mol. The van der Waals surface area contributed by atoms with Gasteiger partial charge in [-0.25, -0.2) is 14.1 Å². The van der Waals surface area contributed by atoms with Gasteiger partial charge in [0.1, 0.15) is 11.9 Å². The fraction of sp³-hybridized carbons (Fsp3) is 0.133. The van der Waals surface area contributed by atoms with Crippen molar-refractivity contribution in [3.05, 3.63) is 53.8 Å². The van der Waals surface area contributed by atoms with Crippen molar-refractivity contribution < 1.29 is 17.6 Å². The molecule has 0 spiro atoms. The molecule has 3 aromatic rings. The quantitative estimate of drug-likeness (QED) is 0.504. The predicted octanol–water partition coefficient (Wildman–Crippen LogP) is 4.92. The molecule has 1 aromatic heterocycles. The highest BCUT2D eigenvalue weighted by molar-refractivity contribution is 7.97. The maximum absolute atomic E-state index is 13.3. The first-order valence-electron chi connectivity index (χ1n) is 6.73. The molecule has 3 rings (SSSR count). The maximum atomic E-state index is 13.3. The summed E-state index contributed by atoms with van der Waals surface area (Å²) in [6.45, 7) is 0. The second kappa shape index (κ2) is 6.58. The smallest absolute Gasteiger partial charge is 0.375 e. The highest BCUT2D eigenvalue weighted by atomic mass is 32.2. The van der Waals surface area contributed by atoms with Crippen molar-refractivity contribution in [1.82, 2.24) is 9.71 Å². The molecule has 126 valence electrons. The van der Waals surface area contributed by atoms with Crippen LogP contribution in [0.5, 0.6) is 0 Å². The first kappa shape index (κ1) is 17.0. The zero-order valence-electron chi connectivity index (χ0n) is 12.0. The number of rotatable bonds is 4. The number of nitrogen functional groups attached to an aromatic ring is 1. The lowest BCUT2D eigenvalue weighted by molar-refractivity contribution is -0.152. The van der Waals surface area contributed by atoms with E-state index in [0.717, 1.165) is 40.9 Å². The molecule has 1 atom stereocenters. The van der Waals surface area contributed by atoms with Crippen molar-refractivity contribution in [3.63, 3.8) is 0 Å². The number of anilines is 1. The zero-order chi connectivity index (χ0) is 17.3. The van der Waals surface area contributed by atoms with Crippen LogP contribution in [0.2, 0.25) is 0 Å². The minimum Gasteiger partial charge on any atom is -0.375 e. The van der Waals surface area contributed by atoms with Crippen molar-refractivity contribution >= 4 is 38.6 Å². The molecule has 1 unspecified atom stereocenters. The summed E-state index contributed by atoms with van der Waals surface area (Å²) in [4.78, 5) is 4.70. The molecule has 0 aliphatic rings. The van der Waals surface area contributed by atoms with Gasteiger partial charge >= 0.3 is 6.18 Å². The van der Waals surface area contributed by atoms with E-state index < -0.39 is 18.0 Å². The second-order valence-corrected chi connectivity index (χ2v) is 6.90. The van der Waals surface area contributed by atoms with Crippen LogP contribution in [0.1, 0.15) is 11.6 Å². The van der Waals surface area contributed by atoms with Crippen LogP contribution < -0.4 is 10.5 Å². The van der Waals surface area contributed by atoms with Crippen LogP contribution in [0, 0.1) is 5.82 Å². The van der Waals surface area contributed by atoms with Crippen LogP contribution in [0.4, 0.5) is 22.7 Å². The fourth-order valence-electron chi connectivity index (χ4n) is 2.09. The van der Waals surface area contributed by atoms with Gasteiger partial charge in [-0.05, 0) is 47.8 Å². The topological polar surface area (TPSA) is 50.9 Å². The SMILES string of the molecule is Nc1nc2ccc(SNC(c3ccc(F)cc3)C(F)(F)F)cc2s1. The Balaban J connectivity index is 1.80. The Morgan fingerprint density at radius 2 is 1.83 bits per heavy atom. The van der Waals surface area contributed by atoms with Gasteiger partial charge in [0, 0.05) is 4.90 Å². The summed E-state index contributed by atoms with van der Waals surface area (Å²) in [5.74, 6) is -0.583. The maximum Gasteiger partial charge on any atom is 0.408 e. The Labute approximate surface area is 143 Å². The second-order valence-electron chi connectivity index (χ2n) is 4.93. The van der Waals surface area contributed by atoms with Gasteiger partial charge in [-0.15, -0.1) is 0 Å². The number of nitrogens with zero attached hydrogens (tertiary/aromatic N) is 1. The van der Waals surface area contributed by atoms with Gasteiger partial charge in [0.05, 0.1) is 10.2 Å². The number of benzene rings is 2. The van der Waals surface area contributed by atoms with E-state index in [1.165, 1.54) is 11.3 Å². The van der Waals surface area contributed by atoms with Crippen LogP contribution in [0.3, 0.4) is 0 Å². The summed E-state index contributed by atoms with van der Waals surface area (Å²) in [5.41, 5.74) is 6.26. The van der Waals surface area contributed by atoms with Crippen molar-refractivity contribution in [2.24, 2.45) is 0 Å². The Bertz CT molecular complexity index is 846. The number of hydrogen-bond donors (Lipinski definition) is 2. The number of nitrogens with two attached hydrogens (primary N) is 1. The average Bonchev–Trinajstić information content (AvgIpc) is 2.87. The summed E-state index contributed by atoms with van der Waals surface area (Å²) in [5, 5.41) is 0.402. The van der Waals surface area contributed by atoms with Gasteiger partial charge in [-0.3, -0.25) is 0 Å². The van der Waals surface area contributed by atoms with Crippen LogP contribution in [0.25, 0.3) is 10.2 Å². The fourth-order valence-corrected chi connectivity index (χ4v) is 3.78. The molecule has 24 heavy (non-hydrogen) atoms. The number of fused-ring (bicyclic) bond motifs is 1. The van der Waals surface area contributed by atoms with Crippen molar-refractivity contribution in [1.29, 1.82) is 0 Å². The molecule has 0 saturated heterocycles. The summed E-state index contributed by atoms with van der Waals surface area (Å²) in [7, 11) is 0. The lowest BCUT2D eigenvalue weighted by Crippen LogP contribution is -2.30. The Hall–Kier alpha value is -1.84. The van der Waals surface area contributed by atoms with E-state index in [-0.39, 0.29) is 5.56 Å². The molecule has 0 saturated carbocycles. The first-order chi connectivity index (χ1) is 11.3. The molecule has 2 aromatic carbocycles. The van der Waals surface area contributed by atoms with Crippen molar-refractivity contribution in [2.45, 2.75) is 17.1 Å². The molecule has 9 heteroatoms. The first-order valence-corrected chi connectivity index (χ1v) is 8.37. The standard InChI is InChI=1S/C15H11F4N3S2/c16-9-3-1-8(2-4-9)13(15(17,18)19)22-24-10-5-6-11-12(7-10)23-14(20)21-11/h1-7,13,22H,(H2,20,21). The van der Waals surface area contributed by atoms with E-state index >= 15 is 0 Å². The third kappa shape index (κ3) is 3.80. The minimum atomic E-state index is -4.51. The largest absolute Gasteiger partial charge is 0.408 e. The predicted molar refractivity (Wildman–Crippen MR) is 88.2 cm³/mol. The van der Waals surface area contributed by atoms with Gasteiger partial charge < -0.3 is 5.73 Å². The van der Waals surface area contributed by atoms with E-state index in [0.29, 0.717) is 15.5 Å². The molecule has 3 N–H and O–H groups in total. The van der Waals surface area contributed by atoms with Gasteiger partial charge in [0.2, 0.25) is 0 Å². The third-order valence-electron chi connectivity index (χ3n) is 3.20. The van der Waals surface area contributed by atoms with E-state index in [4.69, 9.17) is 5.73 Å². The molecular formula is C15H11F4N3S2. The summed E-state index contributed by atoms with van der Waals surface area (Å²) in [6, 6.07) is 7.43. The molecule has 0 bridgehead atoms. The van der Waals surface area contributed by atoms with Gasteiger partial charge in [-0.1, -0.05) is 23.5 Å². The van der Waals surface area contributed by atoms with E-state index in [2.05, 4.69) is 9.71 Å². The summed E-state index contributed by atoms with van der Waals surface area (Å²) in [6.07, 6.45) is -4.51. The van der Waals surface area contributed by atoms with E-state index in [9.17, 15) is 17.6 Å². The lowest BCUT2D eigenvalue weighted by atomic mass is 10.1. The minimum absolute atomic E-state index is 0.0560. The third-order valence-corrected chi connectivity index (χ3v) is 4.89. The van der Waals surface area contributed by atoms with E-state index in [1.54, 1.807) is 18.2 Å². The monoisotopic (exact) mass is 373 g/mol. The van der Waals surface area contributed by atoms with Crippen LogP contribution >= 0.6 is 23.3 Å². The Morgan fingerprint density at radius 1 is 1.12 bits per heavy atom. The average molecular weight is 373 g/mol. The molecule has 0 amide bonds. The van der Waals surface area contributed by atoms with Crippen LogP contribution in [-0.2, 0) is 0 Å². The highest BCUT2D eigenvalue weighted by Crippen LogP contribution is 2.36. The molecule has 0 aliphatic carbocycles. The van der Waals surface area contributed by atoms with Crippen LogP contribution in [0.15, 0.2) is 47.4 Å². The van der Waals surface area contributed by atoms with Gasteiger partial charge in [0.15, 0.2) is 5.13 Å². The zero-order valence-corrected chi connectivity index (χ0v) is 13.6. The number of hydrogen-bond acceptors (Lipinski definition) is 5. The number of aromatic nitrogens is 1. The summed E-state index contributed by atoms with van der Waals surface area (Å²) >= 11 is 2.12. The van der Waals surface area contributed by atoms with Crippen molar-refractivity contribution in [2.75, 3.05) is 5.73 Å². The van der Waals surface area contributed by atoms with Crippen molar-refractivity contribution in [3.8, 4) is 0 Å². The molecule has 1 heterocycles. The molecule has 0 radical (unpaired) electrons. The number of halogens is 4.